The lowest BCUT2D eigenvalue weighted by molar-refractivity contribution is -0.127. The molecule has 0 aromatic rings. The second-order valence-electron chi connectivity index (χ2n) is 4.93. The second-order valence-corrected chi connectivity index (χ2v) is 6.53. The van der Waals surface area contributed by atoms with Gasteiger partial charge in [-0.3, -0.25) is 4.79 Å². The summed E-state index contributed by atoms with van der Waals surface area (Å²) in [5.41, 5.74) is -0.288. The van der Waals surface area contributed by atoms with Gasteiger partial charge >= 0.3 is 0 Å². The van der Waals surface area contributed by atoms with Gasteiger partial charge in [0.1, 0.15) is 0 Å². The molecular weight excluding hydrogens is 210 g/mol. The van der Waals surface area contributed by atoms with Gasteiger partial charge in [-0.05, 0) is 44.8 Å². The number of carbonyl (C=O) groups excluding carboxylic acids is 1. The van der Waals surface area contributed by atoms with Crippen molar-refractivity contribution in [3.05, 3.63) is 0 Å². The predicted molar refractivity (Wildman–Crippen MR) is 61.9 cm³/mol. The van der Waals surface area contributed by atoms with Crippen molar-refractivity contribution in [2.24, 2.45) is 0 Å². The van der Waals surface area contributed by atoms with Gasteiger partial charge in [-0.2, -0.15) is 0 Å². The van der Waals surface area contributed by atoms with E-state index in [2.05, 4.69) is 5.32 Å². The Morgan fingerprint density at radius 3 is 2.53 bits per heavy atom. The van der Waals surface area contributed by atoms with E-state index in [0.29, 0.717) is 0 Å². The number of thioether (sulfide) groups is 1. The van der Waals surface area contributed by atoms with E-state index in [1.807, 2.05) is 6.92 Å². The molecule has 1 amide bonds. The minimum absolute atomic E-state index is 0.0828. The summed E-state index contributed by atoms with van der Waals surface area (Å²) in [6.45, 7) is 2.10. The van der Waals surface area contributed by atoms with E-state index in [1.54, 1.807) is 11.8 Å². The molecule has 1 aliphatic heterocycles. The summed E-state index contributed by atoms with van der Waals surface area (Å²) < 4.78 is -0.252. The Labute approximate surface area is 95.0 Å². The van der Waals surface area contributed by atoms with Gasteiger partial charge in [0.05, 0.1) is 16.9 Å². The van der Waals surface area contributed by atoms with Crippen molar-refractivity contribution >= 4 is 17.7 Å². The average molecular weight is 229 g/mol. The molecule has 1 unspecified atom stereocenters. The summed E-state index contributed by atoms with van der Waals surface area (Å²) >= 11 is 1.74. The zero-order chi connectivity index (χ0) is 10.9. The van der Waals surface area contributed by atoms with E-state index >= 15 is 0 Å². The van der Waals surface area contributed by atoms with Crippen LogP contribution in [0.3, 0.4) is 0 Å². The molecule has 2 aliphatic rings. The second kappa shape index (κ2) is 3.98. The molecule has 2 fully saturated rings. The molecule has 0 spiro atoms. The fourth-order valence-corrected chi connectivity index (χ4v) is 3.47. The standard InChI is InChI=1S/C11H19NO2S/c1-10(4-3-7-15-10)9(14)12-11(8-13)5-2-6-11/h13H,2-8H2,1H3,(H,12,14). The van der Waals surface area contributed by atoms with Gasteiger partial charge in [-0.1, -0.05) is 0 Å². The number of hydrogen-bond donors (Lipinski definition) is 2. The van der Waals surface area contributed by atoms with Gasteiger partial charge in [-0.15, -0.1) is 11.8 Å². The first-order valence-corrected chi connectivity index (χ1v) is 6.66. The van der Waals surface area contributed by atoms with E-state index in [0.717, 1.165) is 37.9 Å². The Morgan fingerprint density at radius 2 is 2.13 bits per heavy atom. The molecule has 86 valence electrons. The average Bonchev–Trinajstić information content (AvgIpc) is 2.60. The number of amides is 1. The Morgan fingerprint density at radius 1 is 1.40 bits per heavy atom. The van der Waals surface area contributed by atoms with Gasteiger partial charge in [-0.25, -0.2) is 0 Å². The number of nitrogens with one attached hydrogen (secondary N) is 1. The third-order valence-corrected chi connectivity index (χ3v) is 5.21. The summed E-state index contributed by atoms with van der Waals surface area (Å²) in [4.78, 5) is 12.1. The van der Waals surface area contributed by atoms with E-state index < -0.39 is 0 Å². The predicted octanol–water partition coefficient (Wildman–Crippen LogP) is 1.30. The van der Waals surface area contributed by atoms with Gasteiger partial charge < -0.3 is 10.4 Å². The fourth-order valence-electron chi connectivity index (χ4n) is 2.26. The van der Waals surface area contributed by atoms with Crippen LogP contribution in [0.15, 0.2) is 0 Å². The van der Waals surface area contributed by atoms with Gasteiger partial charge in [0, 0.05) is 0 Å². The van der Waals surface area contributed by atoms with Crippen LogP contribution < -0.4 is 5.32 Å². The Hall–Kier alpha value is -0.220. The van der Waals surface area contributed by atoms with Crippen molar-refractivity contribution in [3.63, 3.8) is 0 Å². The number of aliphatic hydroxyl groups is 1. The summed E-state index contributed by atoms with van der Waals surface area (Å²) in [5, 5.41) is 12.3. The summed E-state index contributed by atoms with van der Waals surface area (Å²) in [5.74, 6) is 1.20. The SMILES string of the molecule is CC1(C(=O)NC2(CO)CCC2)CCCS1. The van der Waals surface area contributed by atoms with Gasteiger partial charge in [0.2, 0.25) is 5.91 Å². The molecular formula is C11H19NO2S. The van der Waals surface area contributed by atoms with Crippen LogP contribution in [0.1, 0.15) is 39.0 Å². The third-order valence-electron chi connectivity index (χ3n) is 3.69. The Bertz CT molecular complexity index is 252. The normalized spacial score (nSPS) is 33.5. The smallest absolute Gasteiger partial charge is 0.236 e. The number of carbonyl (C=O) groups is 1. The highest BCUT2D eigenvalue weighted by molar-refractivity contribution is 8.01. The molecule has 0 aromatic carbocycles. The molecule has 15 heavy (non-hydrogen) atoms. The van der Waals surface area contributed by atoms with Crippen LogP contribution in [0.2, 0.25) is 0 Å². The molecule has 1 atom stereocenters. The van der Waals surface area contributed by atoms with Gasteiger partial charge in [0.15, 0.2) is 0 Å². The van der Waals surface area contributed by atoms with Crippen LogP contribution in [-0.4, -0.2) is 33.7 Å². The first-order chi connectivity index (χ1) is 7.10. The first kappa shape index (κ1) is 11.3. The monoisotopic (exact) mass is 229 g/mol. The largest absolute Gasteiger partial charge is 0.394 e. The van der Waals surface area contributed by atoms with Crippen molar-refractivity contribution in [2.75, 3.05) is 12.4 Å². The molecule has 1 saturated heterocycles. The quantitative estimate of drug-likeness (QED) is 0.767. The van der Waals surface area contributed by atoms with Crippen LogP contribution in [0, 0.1) is 0 Å². The molecule has 0 radical (unpaired) electrons. The molecule has 3 nitrogen and oxygen atoms in total. The number of hydrogen-bond acceptors (Lipinski definition) is 3. The van der Waals surface area contributed by atoms with Crippen molar-refractivity contribution in [3.8, 4) is 0 Å². The molecule has 0 bridgehead atoms. The molecule has 2 N–H and O–H groups in total. The fraction of sp³-hybridized carbons (Fsp3) is 0.909. The first-order valence-electron chi connectivity index (χ1n) is 5.68. The van der Waals surface area contributed by atoms with Crippen LogP contribution in [0.5, 0.6) is 0 Å². The number of rotatable bonds is 3. The molecule has 2 rings (SSSR count). The van der Waals surface area contributed by atoms with Crippen molar-refractivity contribution < 1.29 is 9.90 Å². The minimum atomic E-state index is -0.288. The zero-order valence-electron chi connectivity index (χ0n) is 9.21. The van der Waals surface area contributed by atoms with E-state index in [4.69, 9.17) is 0 Å². The van der Waals surface area contributed by atoms with E-state index in [1.165, 1.54) is 0 Å². The van der Waals surface area contributed by atoms with Crippen LogP contribution in [0.4, 0.5) is 0 Å². The van der Waals surface area contributed by atoms with Gasteiger partial charge in [0.25, 0.3) is 0 Å². The Kier molecular flexibility index (Phi) is 2.99. The molecule has 1 aliphatic carbocycles. The lowest BCUT2D eigenvalue weighted by Gasteiger charge is -2.42. The van der Waals surface area contributed by atoms with Crippen molar-refractivity contribution in [1.82, 2.24) is 5.32 Å². The van der Waals surface area contributed by atoms with E-state index in [9.17, 15) is 9.90 Å². The Balaban J connectivity index is 1.96. The lowest BCUT2D eigenvalue weighted by atomic mass is 9.77. The lowest BCUT2D eigenvalue weighted by Crippen LogP contribution is -2.59. The maximum absolute atomic E-state index is 12.1. The van der Waals surface area contributed by atoms with Crippen LogP contribution in [-0.2, 0) is 4.79 Å². The third kappa shape index (κ3) is 2.02. The highest BCUT2D eigenvalue weighted by atomic mass is 32.2. The zero-order valence-corrected chi connectivity index (χ0v) is 10.0. The summed E-state index contributed by atoms with van der Waals surface area (Å²) in [7, 11) is 0. The van der Waals surface area contributed by atoms with Crippen molar-refractivity contribution in [1.29, 1.82) is 0 Å². The summed E-state index contributed by atoms with van der Waals surface area (Å²) in [6.07, 6.45) is 5.06. The molecule has 1 saturated carbocycles. The van der Waals surface area contributed by atoms with Crippen LogP contribution >= 0.6 is 11.8 Å². The topological polar surface area (TPSA) is 49.3 Å². The maximum Gasteiger partial charge on any atom is 0.236 e. The molecule has 0 aromatic heterocycles. The minimum Gasteiger partial charge on any atom is -0.394 e. The molecule has 4 heteroatoms. The van der Waals surface area contributed by atoms with E-state index in [-0.39, 0.29) is 22.8 Å². The highest BCUT2D eigenvalue weighted by Crippen LogP contribution is 2.39. The molecule has 1 heterocycles. The van der Waals surface area contributed by atoms with Crippen molar-refractivity contribution in [2.45, 2.75) is 49.3 Å². The maximum atomic E-state index is 12.1. The van der Waals surface area contributed by atoms with Crippen LogP contribution in [0.25, 0.3) is 0 Å². The number of aliphatic hydroxyl groups excluding tert-OH is 1. The summed E-state index contributed by atoms with van der Waals surface area (Å²) in [6, 6.07) is 0. The highest BCUT2D eigenvalue weighted by Gasteiger charge is 2.44.